The second-order valence-corrected chi connectivity index (χ2v) is 25.0. The van der Waals surface area contributed by atoms with Crippen LogP contribution in [0.15, 0.2) is 48.5 Å². The van der Waals surface area contributed by atoms with Gasteiger partial charge in [0.1, 0.15) is 23.0 Å². The zero-order valence-corrected chi connectivity index (χ0v) is 42.5. The third kappa shape index (κ3) is 9.69. The highest BCUT2D eigenvalue weighted by Crippen LogP contribution is 2.56. The van der Waals surface area contributed by atoms with Crippen LogP contribution in [0.5, 0.6) is 23.0 Å². The van der Waals surface area contributed by atoms with Crippen LogP contribution in [-0.4, -0.2) is 20.4 Å². The van der Waals surface area contributed by atoms with Crippen molar-refractivity contribution in [1.82, 2.24) is 0 Å². The topological polar surface area (TPSA) is 80.9 Å². The summed E-state index contributed by atoms with van der Waals surface area (Å²) in [6, 6.07) is 17.5. The molecule has 0 bridgehead atoms. The van der Waals surface area contributed by atoms with Crippen molar-refractivity contribution in [3.8, 4) is 23.0 Å². The van der Waals surface area contributed by atoms with E-state index in [0.717, 1.165) is 79.6 Å². The molecule has 0 fully saturated rings. The molecule has 4 nitrogen and oxygen atoms in total. The summed E-state index contributed by atoms with van der Waals surface area (Å²) >= 11 is 0. The van der Waals surface area contributed by atoms with Crippen LogP contribution in [0, 0.1) is 13.8 Å². The molecule has 0 saturated heterocycles. The molecule has 336 valence electrons. The van der Waals surface area contributed by atoms with Crippen LogP contribution in [0.2, 0.25) is 0 Å². The standard InChI is InChI=1S/C57H84O4/c1-23-24-57(38-31-40(50(4,5)6)46(58)25-34(38)2,39-32-41(51(7,8)9)47(59)26-35(39)3)33-56(22,36-27-42(52(10,11)12)48(60)43(28-36)53(13,14)15)37-29-44(54(16,17)18)49(61)45(30-37)55(19,20)21/h25-32,58-61H,23-24,33H2,1-22H3. The number of aromatic hydroxyl groups is 4. The molecule has 0 aliphatic rings. The Labute approximate surface area is 372 Å². The predicted octanol–water partition coefficient (Wildman–Crippen LogP) is 15.4. The van der Waals surface area contributed by atoms with E-state index in [1.165, 1.54) is 0 Å². The largest absolute Gasteiger partial charge is 0.508 e. The summed E-state index contributed by atoms with van der Waals surface area (Å²) in [5, 5.41) is 47.7. The Kier molecular flexibility index (Phi) is 13.1. The first-order valence-electron chi connectivity index (χ1n) is 22.8. The van der Waals surface area contributed by atoms with Crippen LogP contribution < -0.4 is 0 Å². The monoisotopic (exact) mass is 833 g/mol. The molecule has 0 aliphatic heterocycles. The molecule has 4 aromatic carbocycles. The number of benzene rings is 4. The molecule has 0 aromatic heterocycles. The maximum absolute atomic E-state index is 12.2. The van der Waals surface area contributed by atoms with Crippen LogP contribution in [0.1, 0.15) is 224 Å². The Hall–Kier alpha value is -3.92. The fourth-order valence-corrected chi connectivity index (χ4v) is 9.91. The van der Waals surface area contributed by atoms with Gasteiger partial charge in [0.2, 0.25) is 0 Å². The molecule has 4 N–H and O–H groups in total. The van der Waals surface area contributed by atoms with Crippen molar-refractivity contribution in [3.05, 3.63) is 115 Å². The Balaban J connectivity index is 2.47. The van der Waals surface area contributed by atoms with Gasteiger partial charge in [0.05, 0.1) is 0 Å². The van der Waals surface area contributed by atoms with Crippen molar-refractivity contribution < 1.29 is 20.4 Å². The summed E-state index contributed by atoms with van der Waals surface area (Å²) in [7, 11) is 0. The van der Waals surface area contributed by atoms with Crippen molar-refractivity contribution in [2.24, 2.45) is 0 Å². The number of phenolic OH excluding ortho intramolecular Hbond substituents is 4. The molecule has 4 aromatic rings. The predicted molar refractivity (Wildman–Crippen MR) is 261 cm³/mol. The van der Waals surface area contributed by atoms with Gasteiger partial charge >= 0.3 is 0 Å². The fraction of sp³-hybridized carbons (Fsp3) is 0.579. The lowest BCUT2D eigenvalue weighted by molar-refractivity contribution is 0.337. The van der Waals surface area contributed by atoms with E-state index in [9.17, 15) is 20.4 Å². The third-order valence-corrected chi connectivity index (χ3v) is 13.4. The van der Waals surface area contributed by atoms with Crippen molar-refractivity contribution in [3.63, 3.8) is 0 Å². The summed E-state index contributed by atoms with van der Waals surface area (Å²) in [6.07, 6.45) is 2.28. The van der Waals surface area contributed by atoms with Crippen LogP contribution in [0.25, 0.3) is 0 Å². The van der Waals surface area contributed by atoms with E-state index in [2.05, 4.69) is 189 Å². The minimum atomic E-state index is -0.727. The third-order valence-electron chi connectivity index (χ3n) is 13.4. The Morgan fingerprint density at radius 2 is 0.623 bits per heavy atom. The number of aryl methyl sites for hydroxylation is 2. The van der Waals surface area contributed by atoms with Crippen molar-refractivity contribution in [2.45, 2.75) is 215 Å². The molecule has 0 radical (unpaired) electrons. The Bertz CT molecular complexity index is 2040. The van der Waals surface area contributed by atoms with Crippen LogP contribution in [0.4, 0.5) is 0 Å². The number of phenols is 4. The van der Waals surface area contributed by atoms with Gasteiger partial charge in [-0.05, 0) is 138 Å². The zero-order chi connectivity index (χ0) is 47.0. The Morgan fingerprint density at radius 1 is 0.361 bits per heavy atom. The average molecular weight is 833 g/mol. The number of hydrogen-bond acceptors (Lipinski definition) is 4. The van der Waals surface area contributed by atoms with Gasteiger partial charge in [0.25, 0.3) is 0 Å². The van der Waals surface area contributed by atoms with Gasteiger partial charge in [-0.25, -0.2) is 0 Å². The molecule has 0 heterocycles. The summed E-state index contributed by atoms with van der Waals surface area (Å²) in [5.74, 6) is 1.28. The Morgan fingerprint density at radius 3 is 0.852 bits per heavy atom. The van der Waals surface area contributed by atoms with Crippen molar-refractivity contribution in [1.29, 1.82) is 0 Å². The van der Waals surface area contributed by atoms with E-state index >= 15 is 0 Å². The fourth-order valence-electron chi connectivity index (χ4n) is 9.91. The molecule has 0 unspecified atom stereocenters. The molecule has 0 atom stereocenters. The highest BCUT2D eigenvalue weighted by atomic mass is 16.3. The van der Waals surface area contributed by atoms with E-state index in [0.29, 0.717) is 29.4 Å². The maximum Gasteiger partial charge on any atom is 0.123 e. The van der Waals surface area contributed by atoms with Crippen LogP contribution in [0.3, 0.4) is 0 Å². The number of rotatable bonds is 8. The minimum absolute atomic E-state index is 0.297. The average Bonchev–Trinajstić information content (AvgIpc) is 3.04. The van der Waals surface area contributed by atoms with Crippen LogP contribution >= 0.6 is 0 Å². The molecule has 4 rings (SSSR count). The van der Waals surface area contributed by atoms with Crippen molar-refractivity contribution in [2.75, 3.05) is 0 Å². The first kappa shape index (κ1) is 49.7. The summed E-state index contributed by atoms with van der Waals surface area (Å²) in [4.78, 5) is 0. The normalized spacial score (nSPS) is 13.9. The van der Waals surface area contributed by atoms with Gasteiger partial charge in [-0.2, -0.15) is 0 Å². The second kappa shape index (κ2) is 16.0. The molecule has 0 amide bonds. The highest BCUT2D eigenvalue weighted by molar-refractivity contribution is 5.61. The molecular weight excluding hydrogens is 749 g/mol. The van der Waals surface area contributed by atoms with E-state index in [1.54, 1.807) is 0 Å². The number of hydrogen-bond donors (Lipinski definition) is 4. The quantitative estimate of drug-likeness (QED) is 0.143. The molecule has 0 spiro atoms. The lowest BCUT2D eigenvalue weighted by Crippen LogP contribution is -2.40. The van der Waals surface area contributed by atoms with E-state index in [-0.39, 0.29) is 32.5 Å². The maximum atomic E-state index is 12.2. The highest BCUT2D eigenvalue weighted by Gasteiger charge is 2.47. The van der Waals surface area contributed by atoms with Crippen LogP contribution in [-0.2, 0) is 43.3 Å². The van der Waals surface area contributed by atoms with Gasteiger partial charge in [-0.1, -0.05) is 181 Å². The first-order valence-corrected chi connectivity index (χ1v) is 22.8. The van der Waals surface area contributed by atoms with E-state index in [1.807, 2.05) is 12.1 Å². The van der Waals surface area contributed by atoms with E-state index in [4.69, 9.17) is 0 Å². The molecule has 4 heteroatoms. The molecule has 0 aliphatic carbocycles. The lowest BCUT2D eigenvalue weighted by atomic mass is 9.56. The molecule has 0 saturated carbocycles. The SMILES string of the molecule is CCCC(CC(C)(c1cc(C(C)(C)C)c(O)c(C(C)(C)C)c1)c1cc(C(C)(C)C)c(O)c(C(C)(C)C)c1)(c1cc(C(C)(C)C)c(O)cc1C)c1cc(C(C)(C)C)c(O)cc1C. The van der Waals surface area contributed by atoms with Gasteiger partial charge in [0, 0.05) is 10.8 Å². The van der Waals surface area contributed by atoms with Gasteiger partial charge in [-0.3, -0.25) is 0 Å². The molecule has 61 heavy (non-hydrogen) atoms. The summed E-state index contributed by atoms with van der Waals surface area (Å²) in [6.45, 7) is 48.0. The summed E-state index contributed by atoms with van der Waals surface area (Å²) in [5.41, 5.74) is 8.43. The lowest BCUT2D eigenvalue weighted by Gasteiger charge is -2.47. The second-order valence-electron chi connectivity index (χ2n) is 25.0. The minimum Gasteiger partial charge on any atom is -0.508 e. The van der Waals surface area contributed by atoms with E-state index < -0.39 is 10.8 Å². The zero-order valence-electron chi connectivity index (χ0n) is 42.5. The molecular formula is C57H84O4. The smallest absolute Gasteiger partial charge is 0.123 e. The van der Waals surface area contributed by atoms with Gasteiger partial charge < -0.3 is 20.4 Å². The van der Waals surface area contributed by atoms with Crippen molar-refractivity contribution >= 4 is 0 Å². The van der Waals surface area contributed by atoms with Gasteiger partial charge in [-0.15, -0.1) is 0 Å². The van der Waals surface area contributed by atoms with Gasteiger partial charge in [0.15, 0.2) is 0 Å². The first-order chi connectivity index (χ1) is 27.3. The summed E-state index contributed by atoms with van der Waals surface area (Å²) < 4.78 is 0.